The monoisotopic (exact) mass is 218 g/mol. The van der Waals surface area contributed by atoms with Gasteiger partial charge in [0.25, 0.3) is 5.56 Å². The van der Waals surface area contributed by atoms with Gasteiger partial charge in [-0.2, -0.15) is 0 Å². The number of hydrogen-bond donors (Lipinski definition) is 2. The molecule has 1 aromatic carbocycles. The second-order valence-electron chi connectivity index (χ2n) is 3.82. The molecule has 0 saturated carbocycles. The molecule has 2 rings (SSSR count). The van der Waals surface area contributed by atoms with Crippen molar-refractivity contribution in [3.63, 3.8) is 0 Å². The summed E-state index contributed by atoms with van der Waals surface area (Å²) in [6, 6.07) is 6.83. The maximum absolute atomic E-state index is 11.9. The van der Waals surface area contributed by atoms with Gasteiger partial charge in [0, 0.05) is 18.7 Å². The lowest BCUT2D eigenvalue weighted by atomic mass is 10.1. The lowest BCUT2D eigenvalue weighted by Gasteiger charge is -2.08. The van der Waals surface area contributed by atoms with E-state index < -0.39 is 0 Å². The van der Waals surface area contributed by atoms with Crippen molar-refractivity contribution in [2.45, 2.75) is 6.42 Å². The Hall–Kier alpha value is -1.81. The molecule has 2 aromatic rings. The van der Waals surface area contributed by atoms with Crippen molar-refractivity contribution in [3.05, 3.63) is 40.2 Å². The van der Waals surface area contributed by atoms with Crippen LogP contribution in [0.1, 0.15) is 5.56 Å². The highest BCUT2D eigenvalue weighted by Gasteiger charge is 2.06. The minimum Gasteiger partial charge on any atom is -0.508 e. The Kier molecular flexibility index (Phi) is 2.66. The number of rotatable bonds is 2. The third-order valence-electron chi connectivity index (χ3n) is 2.70. The van der Waals surface area contributed by atoms with E-state index in [2.05, 4.69) is 0 Å². The molecule has 1 heterocycles. The summed E-state index contributed by atoms with van der Waals surface area (Å²) in [5.41, 5.74) is 6.85. The SMILES string of the molecule is Cn1c(=O)c(CCN)cc2ccc(O)cc21. The number of phenols is 1. The largest absolute Gasteiger partial charge is 0.508 e. The van der Waals surface area contributed by atoms with Gasteiger partial charge in [0.15, 0.2) is 0 Å². The van der Waals surface area contributed by atoms with E-state index in [0.717, 1.165) is 10.9 Å². The van der Waals surface area contributed by atoms with Crippen molar-refractivity contribution < 1.29 is 5.11 Å². The zero-order chi connectivity index (χ0) is 11.7. The third-order valence-corrected chi connectivity index (χ3v) is 2.70. The molecule has 0 aliphatic heterocycles. The molecule has 0 atom stereocenters. The molecule has 4 heteroatoms. The van der Waals surface area contributed by atoms with Crippen LogP contribution in [0.2, 0.25) is 0 Å². The molecule has 0 saturated heterocycles. The van der Waals surface area contributed by atoms with E-state index in [-0.39, 0.29) is 11.3 Å². The van der Waals surface area contributed by atoms with Crippen LogP contribution in [0.3, 0.4) is 0 Å². The van der Waals surface area contributed by atoms with Crippen LogP contribution < -0.4 is 11.3 Å². The fourth-order valence-corrected chi connectivity index (χ4v) is 1.85. The van der Waals surface area contributed by atoms with Crippen molar-refractivity contribution in [2.75, 3.05) is 6.54 Å². The van der Waals surface area contributed by atoms with Gasteiger partial charge < -0.3 is 15.4 Å². The highest BCUT2D eigenvalue weighted by atomic mass is 16.3. The molecular weight excluding hydrogens is 204 g/mol. The van der Waals surface area contributed by atoms with Crippen LogP contribution in [-0.4, -0.2) is 16.2 Å². The average Bonchev–Trinajstić information content (AvgIpc) is 2.27. The maximum Gasteiger partial charge on any atom is 0.254 e. The summed E-state index contributed by atoms with van der Waals surface area (Å²) >= 11 is 0. The molecule has 3 N–H and O–H groups in total. The molecule has 0 amide bonds. The van der Waals surface area contributed by atoms with Crippen molar-refractivity contribution in [3.8, 4) is 5.75 Å². The molecule has 0 bridgehead atoms. The predicted octanol–water partition coefficient (Wildman–Crippen LogP) is 0.745. The van der Waals surface area contributed by atoms with Crippen molar-refractivity contribution >= 4 is 10.9 Å². The molecule has 0 unspecified atom stereocenters. The summed E-state index contributed by atoms with van der Waals surface area (Å²) in [6.45, 7) is 0.457. The van der Waals surface area contributed by atoms with Crippen LogP contribution in [0.25, 0.3) is 10.9 Å². The van der Waals surface area contributed by atoms with Crippen LogP contribution in [0, 0.1) is 0 Å². The van der Waals surface area contributed by atoms with Crippen molar-refractivity contribution in [2.24, 2.45) is 12.8 Å². The van der Waals surface area contributed by atoms with Gasteiger partial charge in [-0.3, -0.25) is 4.79 Å². The lowest BCUT2D eigenvalue weighted by Crippen LogP contribution is -2.23. The minimum absolute atomic E-state index is 0.0523. The molecule has 1 aromatic heterocycles. The van der Waals surface area contributed by atoms with Crippen LogP contribution in [0.5, 0.6) is 5.75 Å². The Balaban J connectivity index is 2.78. The van der Waals surface area contributed by atoms with Gasteiger partial charge in [0.1, 0.15) is 5.75 Å². The van der Waals surface area contributed by atoms with E-state index in [9.17, 15) is 9.90 Å². The second-order valence-corrected chi connectivity index (χ2v) is 3.82. The molecule has 0 aliphatic carbocycles. The number of pyridine rings is 1. The van der Waals surface area contributed by atoms with Gasteiger partial charge in [-0.1, -0.05) is 0 Å². The molecule has 4 nitrogen and oxygen atoms in total. The first-order chi connectivity index (χ1) is 7.63. The second kappa shape index (κ2) is 3.98. The zero-order valence-corrected chi connectivity index (χ0v) is 9.10. The first kappa shape index (κ1) is 10.7. The first-order valence-corrected chi connectivity index (χ1v) is 5.15. The summed E-state index contributed by atoms with van der Waals surface area (Å²) in [6.07, 6.45) is 0.573. The normalized spacial score (nSPS) is 10.9. The highest BCUT2D eigenvalue weighted by molar-refractivity contribution is 5.81. The Morgan fingerprint density at radius 3 is 2.81 bits per heavy atom. The van der Waals surface area contributed by atoms with Gasteiger partial charge in [-0.25, -0.2) is 0 Å². The van der Waals surface area contributed by atoms with E-state index in [1.807, 2.05) is 6.07 Å². The Morgan fingerprint density at radius 2 is 2.12 bits per heavy atom. The van der Waals surface area contributed by atoms with Gasteiger partial charge in [0.2, 0.25) is 0 Å². The molecular formula is C12H14N2O2. The number of aromatic nitrogens is 1. The summed E-state index contributed by atoms with van der Waals surface area (Å²) < 4.78 is 1.54. The van der Waals surface area contributed by atoms with E-state index in [0.29, 0.717) is 18.5 Å². The number of aromatic hydroxyl groups is 1. The Labute approximate surface area is 92.9 Å². The number of aryl methyl sites for hydroxylation is 1. The van der Waals surface area contributed by atoms with E-state index >= 15 is 0 Å². The van der Waals surface area contributed by atoms with E-state index in [1.165, 1.54) is 0 Å². The fraction of sp³-hybridized carbons (Fsp3) is 0.250. The lowest BCUT2D eigenvalue weighted by molar-refractivity contribution is 0.476. The van der Waals surface area contributed by atoms with Crippen LogP contribution in [-0.2, 0) is 13.5 Å². The molecule has 0 aliphatic rings. The Bertz CT molecular complexity index is 587. The minimum atomic E-state index is -0.0523. The summed E-state index contributed by atoms with van der Waals surface area (Å²) in [5.74, 6) is 0.161. The van der Waals surface area contributed by atoms with Crippen LogP contribution in [0.4, 0.5) is 0 Å². The number of phenolic OH excluding ortho intramolecular Hbond substituents is 1. The van der Waals surface area contributed by atoms with Crippen LogP contribution in [0.15, 0.2) is 29.1 Å². The van der Waals surface area contributed by atoms with Gasteiger partial charge >= 0.3 is 0 Å². The van der Waals surface area contributed by atoms with Gasteiger partial charge in [-0.05, 0) is 36.6 Å². The first-order valence-electron chi connectivity index (χ1n) is 5.15. The number of nitrogens with zero attached hydrogens (tertiary/aromatic N) is 1. The number of fused-ring (bicyclic) bond motifs is 1. The molecule has 0 radical (unpaired) electrons. The van der Waals surface area contributed by atoms with Crippen molar-refractivity contribution in [1.29, 1.82) is 0 Å². The molecule has 0 spiro atoms. The van der Waals surface area contributed by atoms with E-state index in [4.69, 9.17) is 5.73 Å². The molecule has 84 valence electrons. The quantitative estimate of drug-likeness (QED) is 0.781. The summed E-state index contributed by atoms with van der Waals surface area (Å²) in [5, 5.41) is 10.3. The van der Waals surface area contributed by atoms with Gasteiger partial charge in [0.05, 0.1) is 5.52 Å². The summed E-state index contributed by atoms with van der Waals surface area (Å²) in [4.78, 5) is 11.9. The standard InChI is InChI=1S/C12H14N2O2/c1-14-11-7-10(15)3-2-8(11)6-9(4-5-13)12(14)16/h2-3,6-7,15H,4-5,13H2,1H3. The Morgan fingerprint density at radius 1 is 1.38 bits per heavy atom. The van der Waals surface area contributed by atoms with E-state index in [1.54, 1.807) is 29.8 Å². The zero-order valence-electron chi connectivity index (χ0n) is 9.10. The third kappa shape index (κ3) is 1.67. The smallest absolute Gasteiger partial charge is 0.254 e. The maximum atomic E-state index is 11.9. The summed E-state index contributed by atoms with van der Waals surface area (Å²) in [7, 11) is 1.70. The molecule has 16 heavy (non-hydrogen) atoms. The van der Waals surface area contributed by atoms with Crippen LogP contribution >= 0.6 is 0 Å². The predicted molar refractivity (Wildman–Crippen MR) is 63.6 cm³/mol. The highest BCUT2D eigenvalue weighted by Crippen LogP contribution is 2.18. The fourth-order valence-electron chi connectivity index (χ4n) is 1.85. The number of nitrogens with two attached hydrogens (primary N) is 1. The van der Waals surface area contributed by atoms with Crippen molar-refractivity contribution in [1.82, 2.24) is 4.57 Å². The molecule has 0 fully saturated rings. The number of benzene rings is 1. The average molecular weight is 218 g/mol. The number of hydrogen-bond acceptors (Lipinski definition) is 3. The van der Waals surface area contributed by atoms with Gasteiger partial charge in [-0.15, -0.1) is 0 Å². The topological polar surface area (TPSA) is 68.2 Å².